The Kier molecular flexibility index (Phi) is 6.47. The molecule has 28 heavy (non-hydrogen) atoms. The molecule has 0 spiro atoms. The van der Waals surface area contributed by atoms with Crippen molar-refractivity contribution >= 4 is 27.5 Å². The molecule has 1 aromatic carbocycles. The van der Waals surface area contributed by atoms with Gasteiger partial charge in [0.25, 0.3) is 0 Å². The molecule has 0 radical (unpaired) electrons. The van der Waals surface area contributed by atoms with Crippen LogP contribution in [0.5, 0.6) is 0 Å². The maximum absolute atomic E-state index is 13.0. The molecule has 1 aromatic heterocycles. The number of sulfonamides is 1. The predicted octanol–water partition coefficient (Wildman–Crippen LogP) is 3.00. The average molecular weight is 424 g/mol. The average Bonchev–Trinajstić information content (AvgIpc) is 3.21. The number of rotatable bonds is 6. The lowest BCUT2D eigenvalue weighted by molar-refractivity contribution is -0.133. The largest absolute Gasteiger partial charge is 0.346 e. The summed E-state index contributed by atoms with van der Waals surface area (Å²) in [6, 6.07) is 11.3. The molecule has 3 rings (SSSR count). The molecule has 8 heteroatoms. The normalized spacial score (nSPS) is 17.1. The molecule has 1 amide bonds. The van der Waals surface area contributed by atoms with Gasteiger partial charge in [-0.3, -0.25) is 4.79 Å². The summed E-state index contributed by atoms with van der Waals surface area (Å²) in [6.45, 7) is 4.90. The molecule has 0 aliphatic carbocycles. The molecule has 0 bridgehead atoms. The first-order valence-electron chi connectivity index (χ1n) is 9.43. The van der Waals surface area contributed by atoms with E-state index in [0.29, 0.717) is 37.6 Å². The molecule has 1 atom stereocenters. The summed E-state index contributed by atoms with van der Waals surface area (Å²) >= 11 is 6.01. The first-order chi connectivity index (χ1) is 13.3. The summed E-state index contributed by atoms with van der Waals surface area (Å²) in [5, 5.41) is 0.210. The van der Waals surface area contributed by atoms with Crippen molar-refractivity contribution < 1.29 is 13.2 Å². The van der Waals surface area contributed by atoms with Crippen molar-refractivity contribution in [2.45, 2.75) is 31.6 Å². The molecule has 0 N–H and O–H groups in total. The number of piperazine rings is 1. The second-order valence-electron chi connectivity index (χ2n) is 7.28. The molecular weight excluding hydrogens is 398 g/mol. The van der Waals surface area contributed by atoms with Crippen LogP contribution in [0.25, 0.3) is 0 Å². The van der Waals surface area contributed by atoms with Gasteiger partial charge in [0.1, 0.15) is 0 Å². The summed E-state index contributed by atoms with van der Waals surface area (Å²) in [5.74, 6) is 0.0234. The Morgan fingerprint density at radius 1 is 1.04 bits per heavy atom. The minimum absolute atomic E-state index is 0.0234. The second kappa shape index (κ2) is 8.68. The quantitative estimate of drug-likeness (QED) is 0.717. The summed E-state index contributed by atoms with van der Waals surface area (Å²) in [6.07, 6.45) is 4.20. The third-order valence-electron chi connectivity index (χ3n) is 5.16. The van der Waals surface area contributed by atoms with Crippen LogP contribution in [0.3, 0.4) is 0 Å². The number of halogens is 1. The standard InChI is InChI=1S/C20H26ClN3O3S/c1-16(2)28(26,27)24-13-11-23(12-14-24)20(25)15-19(22-9-3-4-10-22)17-5-7-18(21)8-6-17/h3-10,16,19H,11-15H2,1-2H3/t19-/m0/s1. The lowest BCUT2D eigenvalue weighted by Crippen LogP contribution is -2.52. The summed E-state index contributed by atoms with van der Waals surface area (Å²) in [7, 11) is -3.28. The maximum atomic E-state index is 13.0. The van der Waals surface area contributed by atoms with Crippen molar-refractivity contribution in [2.24, 2.45) is 0 Å². The van der Waals surface area contributed by atoms with Crippen molar-refractivity contribution in [1.82, 2.24) is 13.8 Å². The monoisotopic (exact) mass is 423 g/mol. The summed E-state index contributed by atoms with van der Waals surface area (Å²) in [5.41, 5.74) is 1.01. The second-order valence-corrected chi connectivity index (χ2v) is 10.2. The number of carbonyl (C=O) groups excluding carboxylic acids is 1. The number of aromatic nitrogens is 1. The van der Waals surface area contributed by atoms with Gasteiger partial charge in [0.2, 0.25) is 15.9 Å². The van der Waals surface area contributed by atoms with Crippen molar-refractivity contribution in [3.05, 3.63) is 59.4 Å². The molecular formula is C20H26ClN3O3S. The van der Waals surface area contributed by atoms with Crippen LogP contribution in [0.2, 0.25) is 5.02 Å². The topological polar surface area (TPSA) is 62.6 Å². The molecule has 1 aliphatic heterocycles. The van der Waals surface area contributed by atoms with Crippen LogP contribution < -0.4 is 0 Å². The third-order valence-corrected chi connectivity index (χ3v) is 7.69. The maximum Gasteiger partial charge on any atom is 0.225 e. The van der Waals surface area contributed by atoms with Gasteiger partial charge in [-0.1, -0.05) is 23.7 Å². The predicted molar refractivity (Wildman–Crippen MR) is 111 cm³/mol. The molecule has 1 aliphatic rings. The van der Waals surface area contributed by atoms with Gasteiger partial charge in [-0.05, 0) is 43.7 Å². The molecule has 152 valence electrons. The van der Waals surface area contributed by atoms with Gasteiger partial charge in [0.15, 0.2) is 0 Å². The van der Waals surface area contributed by atoms with E-state index >= 15 is 0 Å². The Labute approximate surface area is 171 Å². The number of hydrogen-bond donors (Lipinski definition) is 0. The minimum Gasteiger partial charge on any atom is -0.346 e. The van der Waals surface area contributed by atoms with E-state index < -0.39 is 15.3 Å². The molecule has 2 aromatic rings. The molecule has 1 fully saturated rings. The van der Waals surface area contributed by atoms with Crippen LogP contribution in [0.1, 0.15) is 31.9 Å². The van der Waals surface area contributed by atoms with Crippen LogP contribution in [0.15, 0.2) is 48.8 Å². The van der Waals surface area contributed by atoms with Crippen LogP contribution in [-0.2, 0) is 14.8 Å². The third kappa shape index (κ3) is 4.59. The van der Waals surface area contributed by atoms with Crippen molar-refractivity contribution in [1.29, 1.82) is 0 Å². The van der Waals surface area contributed by atoms with E-state index in [-0.39, 0.29) is 11.9 Å². The van der Waals surface area contributed by atoms with E-state index in [1.54, 1.807) is 18.7 Å². The lowest BCUT2D eigenvalue weighted by Gasteiger charge is -2.35. The Balaban J connectivity index is 1.69. The van der Waals surface area contributed by atoms with Gasteiger partial charge in [-0.25, -0.2) is 8.42 Å². The number of nitrogens with zero attached hydrogens (tertiary/aromatic N) is 3. The van der Waals surface area contributed by atoms with Gasteiger partial charge in [0.05, 0.1) is 17.7 Å². The van der Waals surface area contributed by atoms with Gasteiger partial charge >= 0.3 is 0 Å². The van der Waals surface area contributed by atoms with E-state index in [4.69, 9.17) is 11.6 Å². The highest BCUT2D eigenvalue weighted by molar-refractivity contribution is 7.89. The zero-order valence-electron chi connectivity index (χ0n) is 16.2. The fourth-order valence-corrected chi connectivity index (χ4v) is 4.82. The van der Waals surface area contributed by atoms with Gasteiger partial charge in [-0.15, -0.1) is 0 Å². The van der Waals surface area contributed by atoms with Gasteiger partial charge in [-0.2, -0.15) is 4.31 Å². The summed E-state index contributed by atoms with van der Waals surface area (Å²) in [4.78, 5) is 14.7. The first kappa shape index (κ1) is 20.9. The van der Waals surface area contributed by atoms with Crippen molar-refractivity contribution in [2.75, 3.05) is 26.2 Å². The Bertz CT molecular complexity index is 887. The summed E-state index contributed by atoms with van der Waals surface area (Å²) < 4.78 is 28.1. The SMILES string of the molecule is CC(C)S(=O)(=O)N1CCN(C(=O)C[C@@H](c2ccc(Cl)cc2)n2cccc2)CC1. The van der Waals surface area contributed by atoms with E-state index in [0.717, 1.165) is 5.56 Å². The number of hydrogen-bond acceptors (Lipinski definition) is 3. The Hall–Kier alpha value is -1.83. The van der Waals surface area contributed by atoms with Crippen molar-refractivity contribution in [3.8, 4) is 0 Å². The van der Waals surface area contributed by atoms with E-state index in [1.165, 1.54) is 4.31 Å². The minimum atomic E-state index is -3.28. The molecule has 0 saturated carbocycles. The Morgan fingerprint density at radius 2 is 1.61 bits per heavy atom. The smallest absolute Gasteiger partial charge is 0.225 e. The van der Waals surface area contributed by atoms with E-state index in [2.05, 4.69) is 0 Å². The van der Waals surface area contributed by atoms with Gasteiger partial charge in [0, 0.05) is 43.6 Å². The van der Waals surface area contributed by atoms with Gasteiger partial charge < -0.3 is 9.47 Å². The van der Waals surface area contributed by atoms with Crippen LogP contribution in [0.4, 0.5) is 0 Å². The number of benzene rings is 1. The van der Waals surface area contributed by atoms with E-state index in [1.807, 2.05) is 53.4 Å². The van der Waals surface area contributed by atoms with Crippen LogP contribution in [0, 0.1) is 0 Å². The van der Waals surface area contributed by atoms with Crippen molar-refractivity contribution in [3.63, 3.8) is 0 Å². The lowest BCUT2D eigenvalue weighted by atomic mass is 10.0. The Morgan fingerprint density at radius 3 is 2.14 bits per heavy atom. The highest BCUT2D eigenvalue weighted by atomic mass is 35.5. The molecule has 6 nitrogen and oxygen atoms in total. The number of amides is 1. The molecule has 0 unspecified atom stereocenters. The highest BCUT2D eigenvalue weighted by Gasteiger charge is 2.31. The fourth-order valence-electron chi connectivity index (χ4n) is 3.42. The molecule has 2 heterocycles. The highest BCUT2D eigenvalue weighted by Crippen LogP contribution is 2.25. The van der Waals surface area contributed by atoms with E-state index in [9.17, 15) is 13.2 Å². The molecule has 1 saturated heterocycles. The zero-order valence-corrected chi connectivity index (χ0v) is 17.7. The van der Waals surface area contributed by atoms with Crippen LogP contribution in [-0.4, -0.2) is 59.5 Å². The van der Waals surface area contributed by atoms with Crippen LogP contribution >= 0.6 is 11.6 Å². The number of carbonyl (C=O) groups is 1. The first-order valence-corrected chi connectivity index (χ1v) is 11.3. The fraction of sp³-hybridized carbons (Fsp3) is 0.450. The zero-order chi connectivity index (χ0) is 20.3.